The lowest BCUT2D eigenvalue weighted by molar-refractivity contribution is -0.121. The van der Waals surface area contributed by atoms with E-state index in [0.29, 0.717) is 23.1 Å². The molecule has 0 saturated carbocycles. The minimum absolute atomic E-state index is 0.105. The molecule has 1 fully saturated rings. The lowest BCUT2D eigenvalue weighted by Crippen LogP contribution is -2.24. The molecule has 1 amide bonds. The zero-order valence-electron chi connectivity index (χ0n) is 13.3. The van der Waals surface area contributed by atoms with E-state index < -0.39 is 0 Å². The molecule has 0 radical (unpaired) electrons. The Morgan fingerprint density at radius 1 is 1.41 bits per heavy atom. The number of likely N-dealkylation sites (tertiary alicyclic amines) is 1. The van der Waals surface area contributed by atoms with E-state index in [0.717, 1.165) is 37.4 Å². The fourth-order valence-electron chi connectivity index (χ4n) is 2.95. The molecule has 1 atom stereocenters. The summed E-state index contributed by atoms with van der Waals surface area (Å²) in [4.78, 5) is 13.8. The molecular formula is C16H23ClN2O3. The van der Waals surface area contributed by atoms with Gasteiger partial charge in [0.05, 0.1) is 14.2 Å². The highest BCUT2D eigenvalue weighted by Gasteiger charge is 2.25. The zero-order chi connectivity index (χ0) is 16.1. The largest absolute Gasteiger partial charge is 0.493 e. The first-order valence-electron chi connectivity index (χ1n) is 7.40. The molecule has 1 aliphatic rings. The molecule has 1 saturated heterocycles. The third-order valence-electron chi connectivity index (χ3n) is 4.04. The summed E-state index contributed by atoms with van der Waals surface area (Å²) < 4.78 is 10.8. The Morgan fingerprint density at radius 2 is 2.18 bits per heavy atom. The van der Waals surface area contributed by atoms with Gasteiger partial charge < -0.3 is 14.8 Å². The fraction of sp³-hybridized carbons (Fsp3) is 0.562. The molecule has 5 nitrogen and oxygen atoms in total. The molecule has 122 valence electrons. The van der Waals surface area contributed by atoms with Gasteiger partial charge in [-0.2, -0.15) is 0 Å². The Morgan fingerprint density at radius 3 is 2.82 bits per heavy atom. The summed E-state index contributed by atoms with van der Waals surface area (Å²) in [7, 11) is 4.92. The van der Waals surface area contributed by atoms with Crippen LogP contribution in [-0.2, 0) is 11.3 Å². The van der Waals surface area contributed by atoms with E-state index in [2.05, 4.69) is 10.2 Å². The number of halogens is 1. The van der Waals surface area contributed by atoms with Crippen LogP contribution < -0.4 is 14.8 Å². The van der Waals surface area contributed by atoms with Crippen molar-refractivity contribution in [2.75, 3.05) is 34.4 Å². The first kappa shape index (κ1) is 16.9. The summed E-state index contributed by atoms with van der Waals surface area (Å²) in [6.07, 6.45) is 1.62. The number of hydrogen-bond donors (Lipinski definition) is 1. The van der Waals surface area contributed by atoms with Gasteiger partial charge in [-0.15, -0.1) is 0 Å². The van der Waals surface area contributed by atoms with Crippen LogP contribution in [0.5, 0.6) is 11.5 Å². The normalized spacial score (nSPS) is 18.3. The number of nitrogens with one attached hydrogen (secondary N) is 1. The van der Waals surface area contributed by atoms with Crippen molar-refractivity contribution in [1.82, 2.24) is 10.2 Å². The highest BCUT2D eigenvalue weighted by molar-refractivity contribution is 6.30. The lowest BCUT2D eigenvalue weighted by atomic mass is 10.0. The SMILES string of the molecule is CNC(=O)C[C@H]1CCN(Cc2cc(Cl)cc(OC)c2OC)C1. The number of rotatable bonds is 6. The Hall–Kier alpha value is -1.46. The number of carbonyl (C=O) groups excluding carboxylic acids is 1. The number of benzene rings is 1. The molecule has 6 heteroatoms. The van der Waals surface area contributed by atoms with E-state index in [1.54, 1.807) is 27.3 Å². The van der Waals surface area contributed by atoms with Gasteiger partial charge in [-0.25, -0.2) is 0 Å². The first-order valence-corrected chi connectivity index (χ1v) is 7.78. The smallest absolute Gasteiger partial charge is 0.220 e. The molecule has 2 rings (SSSR count). The van der Waals surface area contributed by atoms with Crippen molar-refractivity contribution in [3.63, 3.8) is 0 Å². The summed E-state index contributed by atoms with van der Waals surface area (Å²) in [5.41, 5.74) is 1.01. The number of amides is 1. The monoisotopic (exact) mass is 326 g/mol. The predicted molar refractivity (Wildman–Crippen MR) is 86.6 cm³/mol. The maximum absolute atomic E-state index is 11.5. The van der Waals surface area contributed by atoms with Crippen LogP contribution in [0.25, 0.3) is 0 Å². The topological polar surface area (TPSA) is 50.8 Å². The highest BCUT2D eigenvalue weighted by atomic mass is 35.5. The molecule has 1 heterocycles. The molecule has 1 N–H and O–H groups in total. The summed E-state index contributed by atoms with van der Waals surface area (Å²) in [6.45, 7) is 2.62. The van der Waals surface area contributed by atoms with Gasteiger partial charge in [0, 0.05) is 43.2 Å². The average Bonchev–Trinajstić information content (AvgIpc) is 2.93. The van der Waals surface area contributed by atoms with Crippen molar-refractivity contribution in [2.45, 2.75) is 19.4 Å². The van der Waals surface area contributed by atoms with E-state index in [-0.39, 0.29) is 5.91 Å². The van der Waals surface area contributed by atoms with Crippen molar-refractivity contribution in [3.05, 3.63) is 22.7 Å². The van der Waals surface area contributed by atoms with E-state index in [1.165, 1.54) is 0 Å². The maximum atomic E-state index is 11.5. The van der Waals surface area contributed by atoms with Crippen molar-refractivity contribution in [1.29, 1.82) is 0 Å². The molecular weight excluding hydrogens is 304 g/mol. The van der Waals surface area contributed by atoms with Crippen LogP contribution >= 0.6 is 11.6 Å². The summed E-state index contributed by atoms with van der Waals surface area (Å²) in [6, 6.07) is 3.66. The van der Waals surface area contributed by atoms with Gasteiger partial charge in [-0.1, -0.05) is 11.6 Å². The van der Waals surface area contributed by atoms with Crippen molar-refractivity contribution in [2.24, 2.45) is 5.92 Å². The first-order chi connectivity index (χ1) is 10.6. The summed E-state index contributed by atoms with van der Waals surface area (Å²) in [5, 5.41) is 3.32. The standard InChI is InChI=1S/C16H23ClN2O3/c1-18-15(20)6-11-4-5-19(9-11)10-12-7-13(17)8-14(21-2)16(12)22-3/h7-8,11H,4-6,9-10H2,1-3H3,(H,18,20)/t11-/m1/s1. The maximum Gasteiger partial charge on any atom is 0.220 e. The molecule has 1 aromatic rings. The quantitative estimate of drug-likeness (QED) is 0.871. The van der Waals surface area contributed by atoms with E-state index in [9.17, 15) is 4.79 Å². The fourth-order valence-corrected chi connectivity index (χ4v) is 3.18. The number of nitrogens with zero attached hydrogens (tertiary/aromatic N) is 1. The number of ether oxygens (including phenoxy) is 2. The molecule has 1 aliphatic heterocycles. The van der Waals surface area contributed by atoms with E-state index in [4.69, 9.17) is 21.1 Å². The van der Waals surface area contributed by atoms with Gasteiger partial charge in [-0.3, -0.25) is 9.69 Å². The molecule has 1 aromatic carbocycles. The van der Waals surface area contributed by atoms with Crippen LogP contribution in [0, 0.1) is 5.92 Å². The van der Waals surface area contributed by atoms with Crippen LogP contribution in [0.3, 0.4) is 0 Å². The molecule has 22 heavy (non-hydrogen) atoms. The average molecular weight is 327 g/mol. The van der Waals surface area contributed by atoms with Crippen molar-refractivity contribution >= 4 is 17.5 Å². The Balaban J connectivity index is 2.05. The number of methoxy groups -OCH3 is 2. The van der Waals surface area contributed by atoms with E-state index >= 15 is 0 Å². The summed E-state index contributed by atoms with van der Waals surface area (Å²) >= 11 is 6.15. The minimum Gasteiger partial charge on any atom is -0.493 e. The Labute approximate surface area is 136 Å². The third-order valence-corrected chi connectivity index (χ3v) is 4.26. The predicted octanol–water partition coefficient (Wildman–Crippen LogP) is 2.32. The van der Waals surface area contributed by atoms with Gasteiger partial charge in [0.25, 0.3) is 0 Å². The van der Waals surface area contributed by atoms with Gasteiger partial charge in [0.15, 0.2) is 11.5 Å². The summed E-state index contributed by atoms with van der Waals surface area (Å²) in [5.74, 6) is 1.88. The van der Waals surface area contributed by atoms with Crippen molar-refractivity contribution < 1.29 is 14.3 Å². The number of hydrogen-bond acceptors (Lipinski definition) is 4. The van der Waals surface area contributed by atoms with Crippen LogP contribution in [0.15, 0.2) is 12.1 Å². The van der Waals surface area contributed by atoms with Crippen LogP contribution in [-0.4, -0.2) is 45.2 Å². The van der Waals surface area contributed by atoms with Crippen LogP contribution in [0.4, 0.5) is 0 Å². The molecule has 0 aliphatic carbocycles. The number of carbonyl (C=O) groups is 1. The third kappa shape index (κ3) is 4.05. The zero-order valence-corrected chi connectivity index (χ0v) is 14.1. The Bertz CT molecular complexity index is 536. The second-order valence-electron chi connectivity index (χ2n) is 5.57. The molecule has 0 spiro atoms. The lowest BCUT2D eigenvalue weighted by Gasteiger charge is -2.19. The van der Waals surface area contributed by atoms with Crippen LogP contribution in [0.1, 0.15) is 18.4 Å². The molecule has 0 aromatic heterocycles. The van der Waals surface area contributed by atoms with E-state index in [1.807, 2.05) is 6.07 Å². The van der Waals surface area contributed by atoms with Gasteiger partial charge in [0.2, 0.25) is 5.91 Å². The van der Waals surface area contributed by atoms with Crippen LogP contribution in [0.2, 0.25) is 5.02 Å². The van der Waals surface area contributed by atoms with Gasteiger partial charge in [0.1, 0.15) is 0 Å². The second-order valence-corrected chi connectivity index (χ2v) is 6.00. The van der Waals surface area contributed by atoms with Crippen molar-refractivity contribution in [3.8, 4) is 11.5 Å². The Kier molecular flexibility index (Phi) is 5.91. The molecule has 0 bridgehead atoms. The minimum atomic E-state index is 0.105. The van der Waals surface area contributed by atoms with Gasteiger partial charge >= 0.3 is 0 Å². The van der Waals surface area contributed by atoms with Gasteiger partial charge in [-0.05, 0) is 24.9 Å². The molecule has 0 unspecified atom stereocenters. The second kappa shape index (κ2) is 7.70. The highest BCUT2D eigenvalue weighted by Crippen LogP contribution is 2.36.